The van der Waals surface area contributed by atoms with E-state index in [1.807, 2.05) is 74.3 Å². The fourth-order valence-electron chi connectivity index (χ4n) is 2.47. The van der Waals surface area contributed by atoms with Gasteiger partial charge in [0.25, 0.3) is 0 Å². The minimum atomic E-state index is -0.281. The van der Waals surface area contributed by atoms with E-state index in [9.17, 15) is 4.79 Å². The molecule has 2 aromatic rings. The van der Waals surface area contributed by atoms with E-state index in [0.29, 0.717) is 24.6 Å². The molecule has 1 amide bonds. The normalized spacial score (nSPS) is 11.9. The predicted octanol–water partition coefficient (Wildman–Crippen LogP) is 3.55. The number of methoxy groups -OCH3 is 1. The Kier molecular flexibility index (Phi) is 6.83. The van der Waals surface area contributed by atoms with Gasteiger partial charge in [0.1, 0.15) is 11.5 Å². The average molecular weight is 342 g/mol. The minimum absolute atomic E-state index is 0.0714. The van der Waals surface area contributed by atoms with Gasteiger partial charge < -0.3 is 14.8 Å². The molecule has 134 valence electrons. The summed E-state index contributed by atoms with van der Waals surface area (Å²) in [6, 6.07) is 15.1. The highest BCUT2D eigenvalue weighted by Crippen LogP contribution is 2.23. The fraction of sp³-hybridized carbons (Fsp3) is 0.350. The molecule has 5 nitrogen and oxygen atoms in total. The van der Waals surface area contributed by atoms with Gasteiger partial charge in [0.05, 0.1) is 25.4 Å². The summed E-state index contributed by atoms with van der Waals surface area (Å²) in [5.41, 5.74) is 1.80. The molecule has 0 aliphatic carbocycles. The Morgan fingerprint density at radius 2 is 1.84 bits per heavy atom. The van der Waals surface area contributed by atoms with Crippen molar-refractivity contribution >= 4 is 11.6 Å². The number of carbonyl (C=O) groups excluding carboxylic acids is 1. The maximum absolute atomic E-state index is 12.5. The lowest BCUT2D eigenvalue weighted by Gasteiger charge is -2.24. The number of rotatable bonds is 8. The second-order valence-electron chi connectivity index (χ2n) is 5.86. The van der Waals surface area contributed by atoms with E-state index in [2.05, 4.69) is 5.32 Å². The first kappa shape index (κ1) is 18.8. The first-order valence-corrected chi connectivity index (χ1v) is 8.41. The minimum Gasteiger partial charge on any atom is -0.495 e. The lowest BCUT2D eigenvalue weighted by Crippen LogP contribution is -2.39. The third-order valence-electron chi connectivity index (χ3n) is 4.07. The topological polar surface area (TPSA) is 50.8 Å². The van der Waals surface area contributed by atoms with E-state index in [1.165, 1.54) is 0 Å². The monoisotopic (exact) mass is 342 g/mol. The van der Waals surface area contributed by atoms with Gasteiger partial charge in [-0.2, -0.15) is 0 Å². The fourth-order valence-corrected chi connectivity index (χ4v) is 2.47. The molecule has 0 radical (unpaired) electrons. The van der Waals surface area contributed by atoms with Crippen LogP contribution in [0.4, 0.5) is 5.69 Å². The maximum Gasteiger partial charge on any atom is 0.241 e. The van der Waals surface area contributed by atoms with E-state index in [0.717, 1.165) is 11.3 Å². The van der Waals surface area contributed by atoms with Gasteiger partial charge in [-0.25, -0.2) is 0 Å². The van der Waals surface area contributed by atoms with Gasteiger partial charge in [-0.15, -0.1) is 0 Å². The quantitative estimate of drug-likeness (QED) is 0.797. The second-order valence-corrected chi connectivity index (χ2v) is 5.86. The maximum atomic E-state index is 12.5. The molecule has 5 heteroatoms. The molecular formula is C20H26N2O3. The molecule has 0 aliphatic rings. The molecular weight excluding hydrogens is 316 g/mol. The van der Waals surface area contributed by atoms with Crippen LogP contribution in [0.25, 0.3) is 0 Å². The van der Waals surface area contributed by atoms with Gasteiger partial charge in [0.2, 0.25) is 5.91 Å². The lowest BCUT2D eigenvalue weighted by atomic mass is 10.1. The first-order valence-electron chi connectivity index (χ1n) is 8.41. The number of nitrogens with zero attached hydrogens (tertiary/aromatic N) is 1. The number of carbonyl (C=O) groups is 1. The van der Waals surface area contributed by atoms with E-state index >= 15 is 0 Å². The van der Waals surface area contributed by atoms with Crippen molar-refractivity contribution in [2.75, 3.05) is 26.1 Å². The summed E-state index contributed by atoms with van der Waals surface area (Å²) in [5, 5.41) is 2.93. The van der Waals surface area contributed by atoms with Gasteiger partial charge in [-0.3, -0.25) is 9.69 Å². The van der Waals surface area contributed by atoms with Crippen LogP contribution in [0.3, 0.4) is 0 Å². The van der Waals surface area contributed by atoms with Gasteiger partial charge in [0, 0.05) is 6.54 Å². The van der Waals surface area contributed by atoms with E-state index < -0.39 is 0 Å². The largest absolute Gasteiger partial charge is 0.495 e. The summed E-state index contributed by atoms with van der Waals surface area (Å²) in [6.07, 6.45) is 0. The molecule has 0 aliphatic heterocycles. The zero-order valence-electron chi connectivity index (χ0n) is 15.3. The standard InChI is InChI=1S/C20H26N2O3/c1-5-25-17-12-10-16(11-13-17)14-22(3)15(2)20(23)21-18-8-6-7-9-19(18)24-4/h6-13,15H,5,14H2,1-4H3,(H,21,23)/t15-/m1/s1. The average Bonchev–Trinajstić information content (AvgIpc) is 2.63. The van der Waals surface area contributed by atoms with Crippen molar-refractivity contribution in [1.29, 1.82) is 0 Å². The van der Waals surface area contributed by atoms with Crippen LogP contribution in [0.2, 0.25) is 0 Å². The number of likely N-dealkylation sites (N-methyl/N-ethyl adjacent to an activating group) is 1. The Bertz CT molecular complexity index is 686. The number of benzene rings is 2. The number of hydrogen-bond donors (Lipinski definition) is 1. The van der Waals surface area contributed by atoms with Crippen molar-refractivity contribution in [2.45, 2.75) is 26.4 Å². The molecule has 0 unspecified atom stereocenters. The Balaban J connectivity index is 1.96. The van der Waals surface area contributed by atoms with Crippen molar-refractivity contribution in [2.24, 2.45) is 0 Å². The molecule has 0 aromatic heterocycles. The van der Waals surface area contributed by atoms with Crippen molar-refractivity contribution in [1.82, 2.24) is 4.90 Å². The Morgan fingerprint density at radius 1 is 1.16 bits per heavy atom. The van der Waals surface area contributed by atoms with E-state index in [-0.39, 0.29) is 11.9 Å². The molecule has 1 N–H and O–H groups in total. The highest BCUT2D eigenvalue weighted by Gasteiger charge is 2.19. The van der Waals surface area contributed by atoms with Crippen molar-refractivity contribution in [3.8, 4) is 11.5 Å². The Hall–Kier alpha value is -2.53. The highest BCUT2D eigenvalue weighted by molar-refractivity contribution is 5.95. The number of para-hydroxylation sites is 2. The number of nitrogens with one attached hydrogen (secondary N) is 1. The summed E-state index contributed by atoms with van der Waals surface area (Å²) in [6.45, 7) is 5.18. The third kappa shape index (κ3) is 5.22. The number of ether oxygens (including phenoxy) is 2. The zero-order valence-corrected chi connectivity index (χ0v) is 15.3. The summed E-state index contributed by atoms with van der Waals surface area (Å²) in [4.78, 5) is 14.5. The van der Waals surface area contributed by atoms with Gasteiger partial charge in [-0.05, 0) is 50.7 Å². The molecule has 2 rings (SSSR count). The molecule has 0 saturated heterocycles. The second kappa shape index (κ2) is 9.08. The van der Waals surface area contributed by atoms with Crippen LogP contribution >= 0.6 is 0 Å². The van der Waals surface area contributed by atoms with Gasteiger partial charge >= 0.3 is 0 Å². The summed E-state index contributed by atoms with van der Waals surface area (Å²) >= 11 is 0. The summed E-state index contributed by atoms with van der Waals surface area (Å²) in [5.74, 6) is 1.44. The molecule has 0 heterocycles. The summed E-state index contributed by atoms with van der Waals surface area (Å²) in [7, 11) is 3.52. The highest BCUT2D eigenvalue weighted by atomic mass is 16.5. The van der Waals surface area contributed by atoms with Crippen LogP contribution < -0.4 is 14.8 Å². The van der Waals surface area contributed by atoms with Crippen LogP contribution in [0.5, 0.6) is 11.5 Å². The van der Waals surface area contributed by atoms with Crippen molar-refractivity contribution < 1.29 is 14.3 Å². The van der Waals surface area contributed by atoms with Crippen molar-refractivity contribution in [3.63, 3.8) is 0 Å². The molecule has 0 spiro atoms. The smallest absolute Gasteiger partial charge is 0.241 e. The Labute approximate surface area is 149 Å². The third-order valence-corrected chi connectivity index (χ3v) is 4.07. The van der Waals surface area contributed by atoms with Crippen LogP contribution in [-0.2, 0) is 11.3 Å². The number of hydrogen-bond acceptors (Lipinski definition) is 4. The molecule has 25 heavy (non-hydrogen) atoms. The Morgan fingerprint density at radius 3 is 2.48 bits per heavy atom. The molecule has 0 bridgehead atoms. The van der Waals surface area contributed by atoms with E-state index in [1.54, 1.807) is 7.11 Å². The van der Waals surface area contributed by atoms with Gasteiger partial charge in [0.15, 0.2) is 0 Å². The van der Waals surface area contributed by atoms with Crippen LogP contribution in [0.1, 0.15) is 19.4 Å². The number of amides is 1. The van der Waals surface area contributed by atoms with Crippen LogP contribution in [0, 0.1) is 0 Å². The molecule has 2 aromatic carbocycles. The van der Waals surface area contributed by atoms with Gasteiger partial charge in [-0.1, -0.05) is 24.3 Å². The van der Waals surface area contributed by atoms with Crippen molar-refractivity contribution in [3.05, 3.63) is 54.1 Å². The molecule has 0 saturated carbocycles. The lowest BCUT2D eigenvalue weighted by molar-refractivity contribution is -0.120. The first-order chi connectivity index (χ1) is 12.0. The number of anilines is 1. The zero-order chi connectivity index (χ0) is 18.2. The van der Waals surface area contributed by atoms with E-state index in [4.69, 9.17) is 9.47 Å². The van der Waals surface area contributed by atoms with Crippen LogP contribution in [-0.4, -0.2) is 37.6 Å². The molecule has 1 atom stereocenters. The van der Waals surface area contributed by atoms with Crippen LogP contribution in [0.15, 0.2) is 48.5 Å². The summed E-state index contributed by atoms with van der Waals surface area (Å²) < 4.78 is 10.7. The predicted molar refractivity (Wildman–Crippen MR) is 100 cm³/mol. The molecule has 0 fully saturated rings. The SMILES string of the molecule is CCOc1ccc(CN(C)[C@H](C)C(=O)Nc2ccccc2OC)cc1.